The molecular weight excluding hydrogens is 152 g/mol. The molecule has 2 heteroatoms. The van der Waals surface area contributed by atoms with Gasteiger partial charge in [0.05, 0.1) is 0 Å². The second-order valence-electron chi connectivity index (χ2n) is 3.48. The van der Waals surface area contributed by atoms with Gasteiger partial charge < -0.3 is 10.2 Å². The SMILES string of the molecule is CCC(CO)CC(CC)CCO. The molecule has 0 saturated heterocycles. The van der Waals surface area contributed by atoms with E-state index in [2.05, 4.69) is 13.8 Å². The average molecular weight is 174 g/mol. The Morgan fingerprint density at radius 1 is 1.00 bits per heavy atom. The van der Waals surface area contributed by atoms with Crippen LogP contribution in [0.1, 0.15) is 39.5 Å². The molecule has 0 amide bonds. The van der Waals surface area contributed by atoms with E-state index < -0.39 is 0 Å². The third kappa shape index (κ3) is 4.73. The Morgan fingerprint density at radius 2 is 1.58 bits per heavy atom. The van der Waals surface area contributed by atoms with Crippen LogP contribution in [0.2, 0.25) is 0 Å². The number of hydrogen-bond acceptors (Lipinski definition) is 2. The van der Waals surface area contributed by atoms with Gasteiger partial charge in [0.15, 0.2) is 0 Å². The van der Waals surface area contributed by atoms with Crippen LogP contribution in [0.4, 0.5) is 0 Å². The molecular formula is C10H22O2. The van der Waals surface area contributed by atoms with Gasteiger partial charge in [0, 0.05) is 13.2 Å². The first kappa shape index (κ1) is 11.9. The first-order valence-corrected chi connectivity index (χ1v) is 5.00. The summed E-state index contributed by atoms with van der Waals surface area (Å²) in [6.07, 6.45) is 4.09. The second-order valence-corrected chi connectivity index (χ2v) is 3.48. The lowest BCUT2D eigenvalue weighted by atomic mass is 9.89. The molecule has 0 heterocycles. The van der Waals surface area contributed by atoms with Crippen LogP contribution in [0, 0.1) is 11.8 Å². The summed E-state index contributed by atoms with van der Waals surface area (Å²) in [5.74, 6) is 1.02. The minimum atomic E-state index is 0.278. The van der Waals surface area contributed by atoms with Crippen LogP contribution in [0.15, 0.2) is 0 Å². The van der Waals surface area contributed by atoms with E-state index >= 15 is 0 Å². The van der Waals surface area contributed by atoms with Crippen molar-refractivity contribution in [2.24, 2.45) is 11.8 Å². The number of aliphatic hydroxyl groups excluding tert-OH is 2. The highest BCUT2D eigenvalue weighted by atomic mass is 16.3. The molecule has 0 saturated carbocycles. The Labute approximate surface area is 75.6 Å². The fourth-order valence-electron chi connectivity index (χ4n) is 1.51. The maximum Gasteiger partial charge on any atom is 0.0459 e. The van der Waals surface area contributed by atoms with Crippen molar-refractivity contribution in [3.8, 4) is 0 Å². The van der Waals surface area contributed by atoms with Crippen molar-refractivity contribution in [2.45, 2.75) is 39.5 Å². The molecule has 2 atom stereocenters. The molecule has 2 N–H and O–H groups in total. The van der Waals surface area contributed by atoms with Crippen LogP contribution in [0.25, 0.3) is 0 Å². The molecule has 0 radical (unpaired) electrons. The van der Waals surface area contributed by atoms with Crippen LogP contribution in [-0.2, 0) is 0 Å². The maximum absolute atomic E-state index is 8.98. The number of rotatable bonds is 7. The molecule has 2 unspecified atom stereocenters. The Hall–Kier alpha value is -0.0800. The highest BCUT2D eigenvalue weighted by Crippen LogP contribution is 2.20. The van der Waals surface area contributed by atoms with Crippen molar-refractivity contribution in [2.75, 3.05) is 13.2 Å². The fraction of sp³-hybridized carbons (Fsp3) is 1.00. The Bertz CT molecular complexity index is 89.8. The highest BCUT2D eigenvalue weighted by molar-refractivity contribution is 4.63. The van der Waals surface area contributed by atoms with E-state index in [-0.39, 0.29) is 6.61 Å². The average Bonchev–Trinajstić information content (AvgIpc) is 2.12. The summed E-state index contributed by atoms with van der Waals surface area (Å²) in [7, 11) is 0. The van der Waals surface area contributed by atoms with Gasteiger partial charge in [-0.15, -0.1) is 0 Å². The summed E-state index contributed by atoms with van der Waals surface area (Å²) in [4.78, 5) is 0. The van der Waals surface area contributed by atoms with Gasteiger partial charge in [-0.25, -0.2) is 0 Å². The molecule has 74 valence electrons. The largest absolute Gasteiger partial charge is 0.396 e. The zero-order valence-electron chi connectivity index (χ0n) is 8.29. The van der Waals surface area contributed by atoms with Gasteiger partial charge in [-0.05, 0) is 24.7 Å². The van der Waals surface area contributed by atoms with Crippen molar-refractivity contribution in [1.29, 1.82) is 0 Å². The molecule has 0 rings (SSSR count). The first-order chi connectivity index (χ1) is 5.78. The van der Waals surface area contributed by atoms with Crippen molar-refractivity contribution >= 4 is 0 Å². The minimum Gasteiger partial charge on any atom is -0.396 e. The lowest BCUT2D eigenvalue weighted by molar-refractivity contribution is 0.177. The lowest BCUT2D eigenvalue weighted by Gasteiger charge is -2.18. The summed E-state index contributed by atoms with van der Waals surface area (Å²) in [5.41, 5.74) is 0. The van der Waals surface area contributed by atoms with Crippen molar-refractivity contribution in [3.63, 3.8) is 0 Å². The predicted octanol–water partition coefficient (Wildman–Crippen LogP) is 1.80. The molecule has 0 aliphatic rings. The van der Waals surface area contributed by atoms with E-state index in [1.54, 1.807) is 0 Å². The van der Waals surface area contributed by atoms with Crippen LogP contribution in [-0.4, -0.2) is 23.4 Å². The van der Waals surface area contributed by atoms with Crippen LogP contribution < -0.4 is 0 Å². The molecule has 0 fully saturated rings. The summed E-state index contributed by atoms with van der Waals surface area (Å²) in [5, 5.41) is 17.7. The molecule has 0 spiro atoms. The minimum absolute atomic E-state index is 0.278. The summed E-state index contributed by atoms with van der Waals surface area (Å²) in [6, 6.07) is 0. The topological polar surface area (TPSA) is 40.5 Å². The molecule has 12 heavy (non-hydrogen) atoms. The standard InChI is InChI=1S/C10H22O2/c1-3-9(5-6-11)7-10(4-2)8-12/h9-12H,3-8H2,1-2H3. The molecule has 0 aromatic heterocycles. The van der Waals surface area contributed by atoms with E-state index in [0.717, 1.165) is 25.7 Å². The molecule has 0 aromatic carbocycles. The molecule has 0 aromatic rings. The van der Waals surface area contributed by atoms with Crippen molar-refractivity contribution < 1.29 is 10.2 Å². The van der Waals surface area contributed by atoms with Crippen LogP contribution in [0.5, 0.6) is 0 Å². The molecule has 0 aliphatic carbocycles. The fourth-order valence-corrected chi connectivity index (χ4v) is 1.51. The van der Waals surface area contributed by atoms with Crippen molar-refractivity contribution in [1.82, 2.24) is 0 Å². The van der Waals surface area contributed by atoms with Gasteiger partial charge >= 0.3 is 0 Å². The molecule has 0 bridgehead atoms. The second kappa shape index (κ2) is 7.56. The highest BCUT2D eigenvalue weighted by Gasteiger charge is 2.12. The Balaban J connectivity index is 3.65. The Kier molecular flexibility index (Phi) is 7.51. The smallest absolute Gasteiger partial charge is 0.0459 e. The monoisotopic (exact) mass is 174 g/mol. The lowest BCUT2D eigenvalue weighted by Crippen LogP contribution is -2.12. The maximum atomic E-state index is 8.98. The predicted molar refractivity (Wildman–Crippen MR) is 51.0 cm³/mol. The van der Waals surface area contributed by atoms with Gasteiger partial charge in [0.1, 0.15) is 0 Å². The third-order valence-corrected chi connectivity index (χ3v) is 2.62. The van der Waals surface area contributed by atoms with Gasteiger partial charge in [-0.1, -0.05) is 26.7 Å². The number of aliphatic hydroxyl groups is 2. The van der Waals surface area contributed by atoms with E-state index in [1.165, 1.54) is 0 Å². The van der Waals surface area contributed by atoms with Crippen LogP contribution >= 0.6 is 0 Å². The molecule has 0 aliphatic heterocycles. The summed E-state index contributed by atoms with van der Waals surface area (Å²) in [6.45, 7) is 4.82. The van der Waals surface area contributed by atoms with Crippen LogP contribution in [0.3, 0.4) is 0 Å². The summed E-state index contributed by atoms with van der Waals surface area (Å²) < 4.78 is 0. The third-order valence-electron chi connectivity index (χ3n) is 2.62. The van der Waals surface area contributed by atoms with E-state index in [4.69, 9.17) is 10.2 Å². The van der Waals surface area contributed by atoms with Gasteiger partial charge in [0.2, 0.25) is 0 Å². The normalized spacial score (nSPS) is 16.0. The van der Waals surface area contributed by atoms with E-state index in [1.807, 2.05) is 0 Å². The van der Waals surface area contributed by atoms with Gasteiger partial charge in [-0.2, -0.15) is 0 Å². The first-order valence-electron chi connectivity index (χ1n) is 5.00. The zero-order valence-corrected chi connectivity index (χ0v) is 8.29. The van der Waals surface area contributed by atoms with Crippen molar-refractivity contribution in [3.05, 3.63) is 0 Å². The number of hydrogen-bond donors (Lipinski definition) is 2. The summed E-state index contributed by atoms with van der Waals surface area (Å²) >= 11 is 0. The van der Waals surface area contributed by atoms with Gasteiger partial charge in [-0.3, -0.25) is 0 Å². The molecule has 2 nitrogen and oxygen atoms in total. The quantitative estimate of drug-likeness (QED) is 0.618. The van der Waals surface area contributed by atoms with E-state index in [9.17, 15) is 0 Å². The Morgan fingerprint density at radius 3 is 1.92 bits per heavy atom. The van der Waals surface area contributed by atoms with Gasteiger partial charge in [0.25, 0.3) is 0 Å². The zero-order chi connectivity index (χ0) is 9.40. The van der Waals surface area contributed by atoms with E-state index in [0.29, 0.717) is 18.4 Å².